The van der Waals surface area contributed by atoms with E-state index < -0.39 is 6.23 Å². The number of rotatable bonds is 5. The Balaban J connectivity index is 1.61. The Kier molecular flexibility index (Phi) is 4.44. The number of imidazole rings is 1. The fraction of sp³-hybridized carbons (Fsp3) is 0.174. The zero-order chi connectivity index (χ0) is 20.7. The Morgan fingerprint density at radius 1 is 1.27 bits per heavy atom. The van der Waals surface area contributed by atoms with E-state index in [0.717, 1.165) is 39.8 Å². The van der Waals surface area contributed by atoms with E-state index in [1.807, 2.05) is 66.1 Å². The van der Waals surface area contributed by atoms with E-state index in [2.05, 4.69) is 10.6 Å². The molecule has 3 aromatic heterocycles. The van der Waals surface area contributed by atoms with Crippen LogP contribution in [0.4, 0.5) is 11.5 Å². The second-order valence-corrected chi connectivity index (χ2v) is 7.28. The predicted molar refractivity (Wildman–Crippen MR) is 116 cm³/mol. The minimum atomic E-state index is -0.903. The molecule has 1 atom stereocenters. The van der Waals surface area contributed by atoms with Gasteiger partial charge in [-0.05, 0) is 54.5 Å². The third-order valence-corrected chi connectivity index (χ3v) is 5.21. The molecule has 0 bridgehead atoms. The standard InChI is InChI=1S/C23H22N4O3/c1-14-5-8-20-26-21(22(27(20)13-14)24-12-17-4-3-9-30-17)18-10-15-6-7-16(29-2)11-19(15)25-23(18)28/h3-11,13,23-25,28H,12H2,1-2H3. The van der Waals surface area contributed by atoms with E-state index in [-0.39, 0.29) is 0 Å². The number of fused-ring (bicyclic) bond motifs is 2. The maximum atomic E-state index is 10.9. The zero-order valence-corrected chi connectivity index (χ0v) is 16.7. The van der Waals surface area contributed by atoms with Crippen LogP contribution in [0.25, 0.3) is 17.3 Å². The van der Waals surface area contributed by atoms with Crippen LogP contribution in [0.1, 0.15) is 22.6 Å². The van der Waals surface area contributed by atoms with Gasteiger partial charge < -0.3 is 24.9 Å². The first-order chi connectivity index (χ1) is 14.6. The number of benzene rings is 1. The van der Waals surface area contributed by atoms with E-state index in [1.165, 1.54) is 0 Å². The van der Waals surface area contributed by atoms with Crippen LogP contribution < -0.4 is 15.4 Å². The second kappa shape index (κ2) is 7.27. The molecule has 152 valence electrons. The number of aliphatic hydroxyl groups excluding tert-OH is 1. The number of methoxy groups -OCH3 is 1. The first-order valence-electron chi connectivity index (χ1n) is 9.72. The SMILES string of the molecule is COc1ccc2c(c1)NC(O)C(c1nc3ccc(C)cn3c1NCc1ccco1)=C2. The molecule has 0 amide bonds. The predicted octanol–water partition coefficient (Wildman–Crippen LogP) is 4.14. The Labute approximate surface area is 173 Å². The quantitative estimate of drug-likeness (QED) is 0.465. The van der Waals surface area contributed by atoms with Gasteiger partial charge >= 0.3 is 0 Å². The molecule has 0 radical (unpaired) electrons. The molecule has 7 heteroatoms. The minimum Gasteiger partial charge on any atom is -0.497 e. The first-order valence-corrected chi connectivity index (χ1v) is 9.72. The fourth-order valence-corrected chi connectivity index (χ4v) is 3.69. The van der Waals surface area contributed by atoms with Gasteiger partial charge in [0.2, 0.25) is 0 Å². The van der Waals surface area contributed by atoms with Gasteiger partial charge in [0.1, 0.15) is 28.7 Å². The monoisotopic (exact) mass is 402 g/mol. The lowest BCUT2D eigenvalue weighted by Crippen LogP contribution is -2.24. The molecule has 1 aromatic carbocycles. The van der Waals surface area contributed by atoms with Gasteiger partial charge in [-0.25, -0.2) is 4.98 Å². The summed E-state index contributed by atoms with van der Waals surface area (Å²) in [6, 6.07) is 13.5. The number of anilines is 2. The molecule has 1 aliphatic rings. The normalized spacial score (nSPS) is 15.4. The maximum Gasteiger partial charge on any atom is 0.153 e. The van der Waals surface area contributed by atoms with Crippen molar-refractivity contribution in [2.24, 2.45) is 0 Å². The van der Waals surface area contributed by atoms with Crippen LogP contribution in [0, 0.1) is 6.92 Å². The number of hydrogen-bond donors (Lipinski definition) is 3. The van der Waals surface area contributed by atoms with E-state index in [1.54, 1.807) is 13.4 Å². The first kappa shape index (κ1) is 18.3. The van der Waals surface area contributed by atoms with Gasteiger partial charge in [-0.15, -0.1) is 0 Å². The number of nitrogens with one attached hydrogen (secondary N) is 2. The number of aryl methyl sites for hydroxylation is 1. The molecule has 0 spiro atoms. The highest BCUT2D eigenvalue weighted by molar-refractivity contribution is 5.94. The zero-order valence-electron chi connectivity index (χ0n) is 16.7. The summed E-state index contributed by atoms with van der Waals surface area (Å²) in [7, 11) is 1.62. The molecular formula is C23H22N4O3. The van der Waals surface area contributed by atoms with Crippen molar-refractivity contribution < 1.29 is 14.3 Å². The van der Waals surface area contributed by atoms with E-state index in [4.69, 9.17) is 14.1 Å². The Bertz CT molecular complexity index is 1240. The molecule has 1 unspecified atom stereocenters. The van der Waals surface area contributed by atoms with Crippen molar-refractivity contribution in [1.82, 2.24) is 9.38 Å². The van der Waals surface area contributed by atoms with Gasteiger partial charge in [-0.1, -0.05) is 6.07 Å². The van der Waals surface area contributed by atoms with E-state index in [0.29, 0.717) is 17.8 Å². The summed E-state index contributed by atoms with van der Waals surface area (Å²) < 4.78 is 12.8. The molecule has 1 aliphatic heterocycles. The van der Waals surface area contributed by atoms with Crippen LogP contribution in [0.3, 0.4) is 0 Å². The van der Waals surface area contributed by atoms with E-state index >= 15 is 0 Å². The number of aliphatic hydroxyl groups is 1. The lowest BCUT2D eigenvalue weighted by molar-refractivity contribution is 0.261. The van der Waals surface area contributed by atoms with Crippen molar-refractivity contribution in [3.8, 4) is 5.75 Å². The van der Waals surface area contributed by atoms with Crippen molar-refractivity contribution in [3.63, 3.8) is 0 Å². The lowest BCUT2D eigenvalue weighted by atomic mass is 10.0. The number of furan rings is 1. The Morgan fingerprint density at radius 3 is 2.97 bits per heavy atom. The van der Waals surface area contributed by atoms with Crippen LogP contribution >= 0.6 is 0 Å². The highest BCUT2D eigenvalue weighted by atomic mass is 16.5. The number of hydrogen-bond acceptors (Lipinski definition) is 6. The Morgan fingerprint density at radius 2 is 2.17 bits per heavy atom. The summed E-state index contributed by atoms with van der Waals surface area (Å²) in [5, 5.41) is 17.5. The summed E-state index contributed by atoms with van der Waals surface area (Å²) in [6.45, 7) is 2.54. The average Bonchev–Trinajstić information content (AvgIpc) is 3.38. The molecule has 5 rings (SSSR count). The summed E-state index contributed by atoms with van der Waals surface area (Å²) in [5.41, 5.74) is 5.06. The molecule has 3 N–H and O–H groups in total. The van der Waals surface area contributed by atoms with Crippen LogP contribution in [-0.4, -0.2) is 27.8 Å². The topological polar surface area (TPSA) is 84.0 Å². The van der Waals surface area contributed by atoms with Crippen LogP contribution in [-0.2, 0) is 6.54 Å². The van der Waals surface area contributed by atoms with Crippen molar-refractivity contribution in [3.05, 3.63) is 77.5 Å². The number of ether oxygens (including phenoxy) is 1. The molecule has 0 fully saturated rings. The second-order valence-electron chi connectivity index (χ2n) is 7.28. The summed E-state index contributed by atoms with van der Waals surface area (Å²) >= 11 is 0. The van der Waals surface area contributed by atoms with E-state index in [9.17, 15) is 5.11 Å². The highest BCUT2D eigenvalue weighted by Gasteiger charge is 2.26. The highest BCUT2D eigenvalue weighted by Crippen LogP contribution is 2.36. The lowest BCUT2D eigenvalue weighted by Gasteiger charge is -2.24. The molecule has 4 heterocycles. The Hall–Kier alpha value is -3.71. The van der Waals surface area contributed by atoms with Gasteiger partial charge in [0, 0.05) is 23.5 Å². The number of aromatic nitrogens is 2. The summed E-state index contributed by atoms with van der Waals surface area (Å²) in [6.07, 6.45) is 4.74. The van der Waals surface area contributed by atoms with Crippen LogP contribution in [0.2, 0.25) is 0 Å². The molecule has 0 aliphatic carbocycles. The van der Waals surface area contributed by atoms with Gasteiger partial charge in [0.15, 0.2) is 6.23 Å². The number of nitrogens with zero attached hydrogens (tertiary/aromatic N) is 2. The summed E-state index contributed by atoms with van der Waals surface area (Å²) in [5.74, 6) is 2.35. The summed E-state index contributed by atoms with van der Waals surface area (Å²) in [4.78, 5) is 4.81. The molecule has 0 saturated carbocycles. The van der Waals surface area contributed by atoms with Crippen LogP contribution in [0.5, 0.6) is 5.75 Å². The van der Waals surface area contributed by atoms with Gasteiger partial charge in [-0.2, -0.15) is 0 Å². The molecule has 30 heavy (non-hydrogen) atoms. The van der Waals surface area contributed by atoms with Crippen molar-refractivity contribution in [2.75, 3.05) is 17.7 Å². The molecular weight excluding hydrogens is 380 g/mol. The fourth-order valence-electron chi connectivity index (χ4n) is 3.69. The van der Waals surface area contributed by atoms with Gasteiger partial charge in [0.25, 0.3) is 0 Å². The number of pyridine rings is 1. The molecule has 7 nitrogen and oxygen atoms in total. The molecule has 4 aromatic rings. The third kappa shape index (κ3) is 3.19. The third-order valence-electron chi connectivity index (χ3n) is 5.21. The van der Waals surface area contributed by atoms with Crippen molar-refractivity contribution >= 4 is 28.8 Å². The molecule has 0 saturated heterocycles. The van der Waals surface area contributed by atoms with Crippen LogP contribution in [0.15, 0.2) is 59.3 Å². The van der Waals surface area contributed by atoms with Crippen molar-refractivity contribution in [2.45, 2.75) is 19.7 Å². The van der Waals surface area contributed by atoms with Gasteiger partial charge in [-0.3, -0.25) is 4.40 Å². The smallest absolute Gasteiger partial charge is 0.153 e. The van der Waals surface area contributed by atoms with Crippen molar-refractivity contribution in [1.29, 1.82) is 0 Å². The average molecular weight is 402 g/mol. The van der Waals surface area contributed by atoms with Gasteiger partial charge in [0.05, 0.1) is 19.9 Å². The minimum absolute atomic E-state index is 0.506. The maximum absolute atomic E-state index is 10.9. The largest absolute Gasteiger partial charge is 0.497 e.